The van der Waals surface area contributed by atoms with E-state index in [-0.39, 0.29) is 0 Å². The van der Waals surface area contributed by atoms with Crippen molar-refractivity contribution in [2.45, 2.75) is 46.6 Å². The molecule has 0 radical (unpaired) electrons. The predicted octanol–water partition coefficient (Wildman–Crippen LogP) is 3.43. The minimum atomic E-state index is 0.362. The van der Waals surface area contributed by atoms with Gasteiger partial charge in [-0.15, -0.1) is 0 Å². The van der Waals surface area contributed by atoms with Crippen molar-refractivity contribution in [3.63, 3.8) is 0 Å². The highest BCUT2D eigenvalue weighted by molar-refractivity contribution is 5.32. The van der Waals surface area contributed by atoms with Crippen LogP contribution in [0.5, 0.6) is 0 Å². The maximum absolute atomic E-state index is 6.00. The lowest BCUT2D eigenvalue weighted by molar-refractivity contribution is 0.209. The summed E-state index contributed by atoms with van der Waals surface area (Å²) in [5, 5.41) is 0. The minimum absolute atomic E-state index is 0.362. The maximum atomic E-state index is 6.00. The summed E-state index contributed by atoms with van der Waals surface area (Å²) in [4.78, 5) is 2.49. The second-order valence-corrected chi connectivity index (χ2v) is 5.08. The summed E-state index contributed by atoms with van der Waals surface area (Å²) in [5.74, 6) is 0. The Morgan fingerprint density at radius 1 is 1.17 bits per heavy atom. The molecule has 0 heterocycles. The molecule has 2 heteroatoms. The molecule has 2 N–H and O–H groups in total. The van der Waals surface area contributed by atoms with Gasteiger partial charge in [-0.25, -0.2) is 0 Å². The lowest BCUT2D eigenvalue weighted by Gasteiger charge is -2.30. The van der Waals surface area contributed by atoms with Gasteiger partial charge in [-0.1, -0.05) is 38.5 Å². The third-order valence-corrected chi connectivity index (χ3v) is 3.78. The number of aryl methyl sites for hydroxylation is 2. The standard InChI is InChI=1S/C16H28N2/c1-5-7-10-18(6-2)16(12-17)15-9-8-13(3)14(4)11-15/h8-9,11,16H,5-7,10,12,17H2,1-4H3. The number of unbranched alkanes of at least 4 members (excludes halogenated alkanes) is 1. The van der Waals surface area contributed by atoms with Crippen LogP contribution in [0.15, 0.2) is 18.2 Å². The second kappa shape index (κ2) is 7.55. The zero-order valence-corrected chi connectivity index (χ0v) is 12.4. The molecule has 0 amide bonds. The average molecular weight is 248 g/mol. The van der Waals surface area contributed by atoms with Crippen LogP contribution in [-0.2, 0) is 0 Å². The van der Waals surface area contributed by atoms with Crippen molar-refractivity contribution < 1.29 is 0 Å². The van der Waals surface area contributed by atoms with E-state index in [9.17, 15) is 0 Å². The van der Waals surface area contributed by atoms with Gasteiger partial charge in [0.2, 0.25) is 0 Å². The van der Waals surface area contributed by atoms with Gasteiger partial charge in [0.1, 0.15) is 0 Å². The number of nitrogens with two attached hydrogens (primary N) is 1. The van der Waals surface area contributed by atoms with Crippen LogP contribution < -0.4 is 5.73 Å². The Morgan fingerprint density at radius 3 is 2.39 bits per heavy atom. The largest absolute Gasteiger partial charge is 0.329 e. The van der Waals surface area contributed by atoms with Gasteiger partial charge in [-0.3, -0.25) is 4.90 Å². The van der Waals surface area contributed by atoms with Crippen molar-refractivity contribution in [3.8, 4) is 0 Å². The zero-order chi connectivity index (χ0) is 13.5. The van der Waals surface area contributed by atoms with E-state index in [2.05, 4.69) is 50.8 Å². The Morgan fingerprint density at radius 2 is 1.89 bits per heavy atom. The number of hydrogen-bond donors (Lipinski definition) is 1. The first-order chi connectivity index (χ1) is 8.63. The molecule has 0 saturated heterocycles. The van der Waals surface area contributed by atoms with Crippen LogP contribution in [0, 0.1) is 13.8 Å². The van der Waals surface area contributed by atoms with Crippen LogP contribution in [0.2, 0.25) is 0 Å². The van der Waals surface area contributed by atoms with E-state index in [1.54, 1.807) is 0 Å². The van der Waals surface area contributed by atoms with E-state index in [0.29, 0.717) is 12.6 Å². The highest BCUT2D eigenvalue weighted by Gasteiger charge is 2.17. The predicted molar refractivity (Wildman–Crippen MR) is 79.9 cm³/mol. The number of nitrogens with zero attached hydrogens (tertiary/aromatic N) is 1. The molecule has 0 aliphatic heterocycles. The Labute approximate surface area is 112 Å². The minimum Gasteiger partial charge on any atom is -0.329 e. The fourth-order valence-corrected chi connectivity index (χ4v) is 2.36. The highest BCUT2D eigenvalue weighted by Crippen LogP contribution is 2.22. The molecule has 0 aromatic heterocycles. The van der Waals surface area contributed by atoms with Gasteiger partial charge in [0, 0.05) is 12.6 Å². The van der Waals surface area contributed by atoms with Crippen molar-refractivity contribution in [3.05, 3.63) is 34.9 Å². The number of hydrogen-bond acceptors (Lipinski definition) is 2. The molecular weight excluding hydrogens is 220 g/mol. The van der Waals surface area contributed by atoms with Crippen LogP contribution in [0.1, 0.15) is 49.4 Å². The Kier molecular flexibility index (Phi) is 6.37. The van der Waals surface area contributed by atoms with Crippen molar-refractivity contribution in [1.29, 1.82) is 0 Å². The summed E-state index contributed by atoms with van der Waals surface area (Å²) < 4.78 is 0. The summed E-state index contributed by atoms with van der Waals surface area (Å²) in [6.45, 7) is 11.7. The third-order valence-electron chi connectivity index (χ3n) is 3.78. The van der Waals surface area contributed by atoms with E-state index in [1.165, 1.54) is 29.5 Å². The Bertz CT molecular complexity index is 360. The van der Waals surface area contributed by atoms with Gasteiger partial charge < -0.3 is 5.73 Å². The van der Waals surface area contributed by atoms with Crippen LogP contribution in [0.4, 0.5) is 0 Å². The van der Waals surface area contributed by atoms with Gasteiger partial charge in [0.05, 0.1) is 0 Å². The highest BCUT2D eigenvalue weighted by atomic mass is 15.2. The second-order valence-electron chi connectivity index (χ2n) is 5.08. The van der Waals surface area contributed by atoms with Crippen molar-refractivity contribution >= 4 is 0 Å². The van der Waals surface area contributed by atoms with Crippen LogP contribution in [0.25, 0.3) is 0 Å². The summed E-state index contributed by atoms with van der Waals surface area (Å²) >= 11 is 0. The fourth-order valence-electron chi connectivity index (χ4n) is 2.36. The quantitative estimate of drug-likeness (QED) is 0.801. The molecule has 0 saturated carbocycles. The first-order valence-electron chi connectivity index (χ1n) is 7.15. The Balaban J connectivity index is 2.88. The van der Waals surface area contributed by atoms with E-state index in [1.807, 2.05) is 0 Å². The maximum Gasteiger partial charge on any atom is 0.0470 e. The lowest BCUT2D eigenvalue weighted by Crippen LogP contribution is -2.34. The molecule has 1 rings (SSSR count). The SMILES string of the molecule is CCCCN(CC)C(CN)c1ccc(C)c(C)c1. The molecule has 1 unspecified atom stereocenters. The van der Waals surface area contributed by atoms with E-state index < -0.39 is 0 Å². The first-order valence-corrected chi connectivity index (χ1v) is 7.15. The third kappa shape index (κ3) is 3.82. The van der Waals surface area contributed by atoms with Crippen molar-refractivity contribution in [1.82, 2.24) is 4.90 Å². The number of rotatable bonds is 7. The molecule has 1 atom stereocenters. The summed E-state index contributed by atoms with van der Waals surface area (Å²) in [5.41, 5.74) is 10.1. The monoisotopic (exact) mass is 248 g/mol. The lowest BCUT2D eigenvalue weighted by atomic mass is 9.99. The van der Waals surface area contributed by atoms with E-state index in [0.717, 1.165) is 13.1 Å². The van der Waals surface area contributed by atoms with Crippen LogP contribution in [0.3, 0.4) is 0 Å². The molecule has 0 aliphatic rings. The normalized spacial score (nSPS) is 13.0. The molecule has 0 bridgehead atoms. The number of benzene rings is 1. The molecular formula is C16H28N2. The summed E-state index contributed by atoms with van der Waals surface area (Å²) in [7, 11) is 0. The van der Waals surface area contributed by atoms with Gasteiger partial charge in [-0.2, -0.15) is 0 Å². The average Bonchev–Trinajstić information content (AvgIpc) is 2.38. The van der Waals surface area contributed by atoms with Crippen LogP contribution >= 0.6 is 0 Å². The topological polar surface area (TPSA) is 29.3 Å². The fraction of sp³-hybridized carbons (Fsp3) is 0.625. The molecule has 0 spiro atoms. The van der Waals surface area contributed by atoms with E-state index >= 15 is 0 Å². The van der Waals surface area contributed by atoms with Gasteiger partial charge in [-0.05, 0) is 50.0 Å². The molecule has 0 aliphatic carbocycles. The van der Waals surface area contributed by atoms with E-state index in [4.69, 9.17) is 5.73 Å². The summed E-state index contributed by atoms with van der Waals surface area (Å²) in [6, 6.07) is 7.09. The summed E-state index contributed by atoms with van der Waals surface area (Å²) in [6.07, 6.45) is 2.48. The number of likely N-dealkylation sites (N-methyl/N-ethyl adjacent to an activating group) is 1. The van der Waals surface area contributed by atoms with Crippen LogP contribution in [-0.4, -0.2) is 24.5 Å². The molecule has 102 valence electrons. The van der Waals surface area contributed by atoms with Gasteiger partial charge in [0.25, 0.3) is 0 Å². The zero-order valence-electron chi connectivity index (χ0n) is 12.4. The van der Waals surface area contributed by atoms with Gasteiger partial charge in [0.15, 0.2) is 0 Å². The molecule has 18 heavy (non-hydrogen) atoms. The van der Waals surface area contributed by atoms with Crippen molar-refractivity contribution in [2.24, 2.45) is 5.73 Å². The molecule has 1 aromatic carbocycles. The molecule has 2 nitrogen and oxygen atoms in total. The smallest absolute Gasteiger partial charge is 0.0470 e. The Hall–Kier alpha value is -0.860. The molecule has 1 aromatic rings. The molecule has 0 fully saturated rings. The first kappa shape index (κ1) is 15.2. The van der Waals surface area contributed by atoms with Gasteiger partial charge >= 0.3 is 0 Å². The van der Waals surface area contributed by atoms with Crippen molar-refractivity contribution in [2.75, 3.05) is 19.6 Å².